The topological polar surface area (TPSA) is 84.5 Å². The van der Waals surface area contributed by atoms with Gasteiger partial charge in [-0.25, -0.2) is 4.79 Å². The second-order valence-corrected chi connectivity index (χ2v) is 5.64. The van der Waals surface area contributed by atoms with Crippen molar-refractivity contribution < 1.29 is 19.1 Å². The van der Waals surface area contributed by atoms with E-state index in [-0.39, 0.29) is 6.42 Å². The highest BCUT2D eigenvalue weighted by atomic mass is 32.1. The Hall–Kier alpha value is -2.67. The van der Waals surface area contributed by atoms with Crippen molar-refractivity contribution in [3.05, 3.63) is 52.7 Å². The Balaban J connectivity index is 1.64. The molecule has 1 aromatic carbocycles. The number of esters is 1. The standard InChI is InChI=1S/C16H16N2O4S/c19-14(18-16(21)17-12-5-2-1-3-6-12)11-22-15(20)9-8-13-7-4-10-23-13/h1-7,10H,8-9,11H2,(H2,17,18,19,21). The zero-order chi connectivity index (χ0) is 16.5. The first-order valence-electron chi connectivity index (χ1n) is 6.97. The van der Waals surface area contributed by atoms with E-state index >= 15 is 0 Å². The molecule has 6 nitrogen and oxygen atoms in total. The summed E-state index contributed by atoms with van der Waals surface area (Å²) in [6, 6.07) is 11.9. The van der Waals surface area contributed by atoms with Crippen molar-refractivity contribution in [3.8, 4) is 0 Å². The fourth-order valence-electron chi connectivity index (χ4n) is 1.74. The van der Waals surface area contributed by atoms with Crippen molar-refractivity contribution >= 4 is 34.9 Å². The number of urea groups is 1. The highest BCUT2D eigenvalue weighted by Gasteiger charge is 2.11. The number of thiophene rings is 1. The van der Waals surface area contributed by atoms with Gasteiger partial charge in [0, 0.05) is 10.6 Å². The Kier molecular flexibility index (Phi) is 6.31. The first kappa shape index (κ1) is 16.7. The molecule has 0 saturated carbocycles. The van der Waals surface area contributed by atoms with Crippen LogP contribution in [0.4, 0.5) is 10.5 Å². The predicted molar refractivity (Wildman–Crippen MR) is 87.2 cm³/mol. The van der Waals surface area contributed by atoms with E-state index in [0.29, 0.717) is 12.1 Å². The van der Waals surface area contributed by atoms with Gasteiger partial charge in [-0.3, -0.25) is 14.9 Å². The number of rotatable bonds is 6. The molecule has 7 heteroatoms. The lowest BCUT2D eigenvalue weighted by Crippen LogP contribution is -2.37. The number of aryl methyl sites for hydroxylation is 1. The highest BCUT2D eigenvalue weighted by molar-refractivity contribution is 7.09. The van der Waals surface area contributed by atoms with Crippen LogP contribution in [0.25, 0.3) is 0 Å². The molecular weight excluding hydrogens is 316 g/mol. The number of hydrogen-bond acceptors (Lipinski definition) is 5. The normalized spacial score (nSPS) is 9.91. The third kappa shape index (κ3) is 6.31. The SMILES string of the molecule is O=C(COC(=O)CCc1cccs1)NC(=O)Nc1ccccc1. The van der Waals surface area contributed by atoms with E-state index in [2.05, 4.69) is 10.6 Å². The molecular formula is C16H16N2O4S. The Morgan fingerprint density at radius 2 is 1.83 bits per heavy atom. The molecule has 0 atom stereocenters. The molecule has 3 amide bonds. The fourth-order valence-corrected chi connectivity index (χ4v) is 2.45. The van der Waals surface area contributed by atoms with E-state index in [0.717, 1.165) is 4.88 Å². The zero-order valence-electron chi connectivity index (χ0n) is 12.3. The van der Waals surface area contributed by atoms with Crippen LogP contribution in [0.5, 0.6) is 0 Å². The zero-order valence-corrected chi connectivity index (χ0v) is 13.1. The summed E-state index contributed by atoms with van der Waals surface area (Å²) in [5, 5.41) is 6.51. The summed E-state index contributed by atoms with van der Waals surface area (Å²) in [4.78, 5) is 35.7. The molecule has 0 aliphatic heterocycles. The second-order valence-electron chi connectivity index (χ2n) is 4.61. The summed E-state index contributed by atoms with van der Waals surface area (Å²) in [6.45, 7) is -0.481. The van der Waals surface area contributed by atoms with Crippen LogP contribution in [0.15, 0.2) is 47.8 Å². The Bertz CT molecular complexity index is 656. The van der Waals surface area contributed by atoms with Gasteiger partial charge in [-0.1, -0.05) is 24.3 Å². The van der Waals surface area contributed by atoms with Gasteiger partial charge in [0.1, 0.15) is 0 Å². The van der Waals surface area contributed by atoms with Crippen LogP contribution < -0.4 is 10.6 Å². The van der Waals surface area contributed by atoms with Crippen LogP contribution in [0, 0.1) is 0 Å². The maximum Gasteiger partial charge on any atom is 0.325 e. The molecule has 0 spiro atoms. The van der Waals surface area contributed by atoms with Gasteiger partial charge < -0.3 is 10.1 Å². The molecule has 2 rings (SSSR count). The number of carbonyl (C=O) groups excluding carboxylic acids is 3. The van der Waals surface area contributed by atoms with E-state index in [9.17, 15) is 14.4 Å². The molecule has 23 heavy (non-hydrogen) atoms. The highest BCUT2D eigenvalue weighted by Crippen LogP contribution is 2.11. The summed E-state index contributed by atoms with van der Waals surface area (Å²) >= 11 is 1.56. The number of ether oxygens (including phenoxy) is 1. The molecule has 0 fully saturated rings. The number of para-hydroxylation sites is 1. The van der Waals surface area contributed by atoms with Gasteiger partial charge in [-0.15, -0.1) is 11.3 Å². The molecule has 0 saturated heterocycles. The Morgan fingerprint density at radius 3 is 2.52 bits per heavy atom. The number of benzene rings is 1. The molecule has 0 aliphatic rings. The molecule has 1 aromatic heterocycles. The maximum absolute atomic E-state index is 11.6. The molecule has 0 aliphatic carbocycles. The third-order valence-corrected chi connectivity index (χ3v) is 3.74. The first-order chi connectivity index (χ1) is 11.1. The van der Waals surface area contributed by atoms with Crippen LogP contribution in [0.3, 0.4) is 0 Å². The number of anilines is 1. The van der Waals surface area contributed by atoms with Crippen LogP contribution in [0.1, 0.15) is 11.3 Å². The van der Waals surface area contributed by atoms with Crippen molar-refractivity contribution in [1.82, 2.24) is 5.32 Å². The summed E-state index contributed by atoms with van der Waals surface area (Å²) < 4.78 is 4.83. The quantitative estimate of drug-likeness (QED) is 0.796. The second kappa shape index (κ2) is 8.70. The molecule has 120 valence electrons. The van der Waals surface area contributed by atoms with Gasteiger partial charge in [0.2, 0.25) is 0 Å². The molecule has 0 bridgehead atoms. The van der Waals surface area contributed by atoms with Crippen molar-refractivity contribution in [3.63, 3.8) is 0 Å². The Morgan fingerprint density at radius 1 is 1.04 bits per heavy atom. The van der Waals surface area contributed by atoms with E-state index < -0.39 is 24.5 Å². The van der Waals surface area contributed by atoms with E-state index in [4.69, 9.17) is 4.74 Å². The number of nitrogens with one attached hydrogen (secondary N) is 2. The van der Waals surface area contributed by atoms with Gasteiger partial charge in [0.25, 0.3) is 5.91 Å². The summed E-state index contributed by atoms with van der Waals surface area (Å²) in [6.07, 6.45) is 0.774. The Labute approximate surface area is 137 Å². The molecule has 2 aromatic rings. The van der Waals surface area contributed by atoms with Gasteiger partial charge in [0.15, 0.2) is 6.61 Å². The van der Waals surface area contributed by atoms with Gasteiger partial charge in [-0.05, 0) is 30.0 Å². The average molecular weight is 332 g/mol. The first-order valence-corrected chi connectivity index (χ1v) is 7.85. The average Bonchev–Trinajstić information content (AvgIpc) is 3.05. The summed E-state index contributed by atoms with van der Waals surface area (Å²) in [7, 11) is 0. The molecule has 0 radical (unpaired) electrons. The molecule has 0 unspecified atom stereocenters. The van der Waals surface area contributed by atoms with Gasteiger partial charge >= 0.3 is 12.0 Å². The van der Waals surface area contributed by atoms with Gasteiger partial charge in [-0.2, -0.15) is 0 Å². The third-order valence-electron chi connectivity index (χ3n) is 2.80. The van der Waals surface area contributed by atoms with Crippen LogP contribution >= 0.6 is 11.3 Å². The van der Waals surface area contributed by atoms with Crippen molar-refractivity contribution in [2.24, 2.45) is 0 Å². The monoisotopic (exact) mass is 332 g/mol. The van der Waals surface area contributed by atoms with Crippen LogP contribution in [0.2, 0.25) is 0 Å². The van der Waals surface area contributed by atoms with Gasteiger partial charge in [0.05, 0.1) is 6.42 Å². The molecule has 1 heterocycles. The lowest BCUT2D eigenvalue weighted by molar-refractivity contribution is -0.148. The number of hydrogen-bond donors (Lipinski definition) is 2. The van der Waals surface area contributed by atoms with Crippen LogP contribution in [-0.4, -0.2) is 24.5 Å². The summed E-state index contributed by atoms with van der Waals surface area (Å²) in [5.74, 6) is -1.15. The smallest absolute Gasteiger partial charge is 0.325 e. The van der Waals surface area contributed by atoms with Crippen molar-refractivity contribution in [2.75, 3.05) is 11.9 Å². The number of imide groups is 1. The largest absolute Gasteiger partial charge is 0.456 e. The minimum absolute atomic E-state index is 0.198. The van der Waals surface area contributed by atoms with Crippen molar-refractivity contribution in [1.29, 1.82) is 0 Å². The number of amides is 3. The van der Waals surface area contributed by atoms with E-state index in [1.54, 1.807) is 35.6 Å². The fraction of sp³-hybridized carbons (Fsp3) is 0.188. The molecule has 2 N–H and O–H groups in total. The minimum Gasteiger partial charge on any atom is -0.456 e. The van der Waals surface area contributed by atoms with Crippen molar-refractivity contribution in [2.45, 2.75) is 12.8 Å². The number of carbonyl (C=O) groups is 3. The predicted octanol–water partition coefficient (Wildman–Crippen LogP) is 2.57. The lowest BCUT2D eigenvalue weighted by Gasteiger charge is -2.07. The summed E-state index contributed by atoms with van der Waals surface area (Å²) in [5.41, 5.74) is 0.561. The lowest BCUT2D eigenvalue weighted by atomic mass is 10.3. The van der Waals surface area contributed by atoms with E-state index in [1.165, 1.54) is 0 Å². The minimum atomic E-state index is -0.678. The van der Waals surface area contributed by atoms with E-state index in [1.807, 2.05) is 23.6 Å². The van der Waals surface area contributed by atoms with Crippen LogP contribution in [-0.2, 0) is 20.7 Å². The maximum atomic E-state index is 11.6.